The molecule has 0 spiro atoms. The molecule has 0 saturated heterocycles. The number of nitrogens with one attached hydrogen (secondary N) is 1. The van der Waals surface area contributed by atoms with E-state index in [0.717, 1.165) is 21.1 Å². The van der Waals surface area contributed by atoms with Gasteiger partial charge in [0, 0.05) is 17.1 Å². The van der Waals surface area contributed by atoms with Gasteiger partial charge in [0.15, 0.2) is 0 Å². The van der Waals surface area contributed by atoms with Gasteiger partial charge in [-0.05, 0) is 52.7 Å². The van der Waals surface area contributed by atoms with Gasteiger partial charge in [0.1, 0.15) is 4.60 Å². The molecule has 0 aliphatic heterocycles. The molecule has 104 valence electrons. The summed E-state index contributed by atoms with van der Waals surface area (Å²) in [4.78, 5) is 20.9. The molecule has 1 aromatic carbocycles. The monoisotopic (exact) mass is 341 g/mol. The second-order valence-electron chi connectivity index (χ2n) is 4.66. The normalized spacial score (nSPS) is 10.6. The van der Waals surface area contributed by atoms with E-state index in [0.29, 0.717) is 11.3 Å². The van der Waals surface area contributed by atoms with Crippen LogP contribution >= 0.6 is 15.9 Å². The summed E-state index contributed by atoms with van der Waals surface area (Å²) in [5.41, 5.74) is 3.03. The number of benzene rings is 1. The van der Waals surface area contributed by atoms with E-state index in [1.807, 2.05) is 37.3 Å². The number of hydrogen-bond acceptors (Lipinski definition) is 3. The van der Waals surface area contributed by atoms with Crippen LogP contribution in [0.25, 0.3) is 10.9 Å². The number of amides is 1. The van der Waals surface area contributed by atoms with E-state index in [9.17, 15) is 4.79 Å². The number of anilines is 1. The molecule has 0 bridgehead atoms. The van der Waals surface area contributed by atoms with Crippen LogP contribution in [-0.2, 0) is 0 Å². The van der Waals surface area contributed by atoms with Crippen LogP contribution < -0.4 is 5.32 Å². The summed E-state index contributed by atoms with van der Waals surface area (Å²) in [6, 6.07) is 11.1. The minimum absolute atomic E-state index is 0.169. The van der Waals surface area contributed by atoms with Gasteiger partial charge in [-0.15, -0.1) is 0 Å². The fourth-order valence-corrected chi connectivity index (χ4v) is 2.34. The third-order valence-electron chi connectivity index (χ3n) is 3.16. The minimum Gasteiger partial charge on any atom is -0.321 e. The van der Waals surface area contributed by atoms with E-state index in [2.05, 4.69) is 31.2 Å². The lowest BCUT2D eigenvalue weighted by molar-refractivity contribution is 0.102. The Bertz CT molecular complexity index is 827. The number of aromatic nitrogens is 2. The van der Waals surface area contributed by atoms with E-state index >= 15 is 0 Å². The third kappa shape index (κ3) is 2.78. The molecule has 2 aromatic heterocycles. The fourth-order valence-electron chi connectivity index (χ4n) is 2.13. The molecule has 3 rings (SSSR count). The van der Waals surface area contributed by atoms with Crippen molar-refractivity contribution in [3.05, 3.63) is 64.5 Å². The van der Waals surface area contributed by atoms with Gasteiger partial charge in [0.2, 0.25) is 0 Å². The number of pyridine rings is 2. The Morgan fingerprint density at radius 3 is 2.86 bits per heavy atom. The van der Waals surface area contributed by atoms with Gasteiger partial charge in [-0.3, -0.25) is 9.78 Å². The smallest absolute Gasteiger partial charge is 0.256 e. The number of aryl methyl sites for hydroxylation is 1. The van der Waals surface area contributed by atoms with Crippen molar-refractivity contribution in [1.29, 1.82) is 0 Å². The molecule has 0 aliphatic rings. The standard InChI is InChI=1S/C16H12BrN3O/c1-10-8-11(9-19-15(10)17)20-16(21)13-4-2-6-14-12(13)5-3-7-18-14/h2-9H,1H3,(H,20,21). The molecule has 21 heavy (non-hydrogen) atoms. The summed E-state index contributed by atoms with van der Waals surface area (Å²) in [6.45, 7) is 1.93. The Morgan fingerprint density at radius 2 is 2.05 bits per heavy atom. The van der Waals surface area contributed by atoms with Crippen molar-refractivity contribution in [2.45, 2.75) is 6.92 Å². The number of rotatable bonds is 2. The van der Waals surface area contributed by atoms with Gasteiger partial charge in [0.05, 0.1) is 17.4 Å². The fraction of sp³-hybridized carbons (Fsp3) is 0.0625. The molecule has 1 N–H and O–H groups in total. The summed E-state index contributed by atoms with van der Waals surface area (Å²) in [6.07, 6.45) is 3.34. The Labute approximate surface area is 130 Å². The Balaban J connectivity index is 1.95. The molecular weight excluding hydrogens is 330 g/mol. The predicted molar refractivity (Wildman–Crippen MR) is 86.4 cm³/mol. The average Bonchev–Trinajstić information content (AvgIpc) is 2.50. The van der Waals surface area contributed by atoms with Gasteiger partial charge in [-0.25, -0.2) is 4.98 Å². The van der Waals surface area contributed by atoms with Crippen molar-refractivity contribution >= 4 is 38.4 Å². The summed E-state index contributed by atoms with van der Waals surface area (Å²) in [5, 5.41) is 3.70. The summed E-state index contributed by atoms with van der Waals surface area (Å²) < 4.78 is 0.773. The summed E-state index contributed by atoms with van der Waals surface area (Å²) in [5.74, 6) is -0.169. The Morgan fingerprint density at radius 1 is 1.19 bits per heavy atom. The zero-order chi connectivity index (χ0) is 14.8. The molecule has 0 fully saturated rings. The van der Waals surface area contributed by atoms with Crippen molar-refractivity contribution in [2.24, 2.45) is 0 Å². The lowest BCUT2D eigenvalue weighted by Crippen LogP contribution is -2.12. The van der Waals surface area contributed by atoms with Gasteiger partial charge in [0.25, 0.3) is 5.91 Å². The maximum atomic E-state index is 12.4. The maximum absolute atomic E-state index is 12.4. The molecule has 4 nitrogen and oxygen atoms in total. The van der Waals surface area contributed by atoms with E-state index in [1.54, 1.807) is 18.5 Å². The lowest BCUT2D eigenvalue weighted by atomic mass is 10.1. The van der Waals surface area contributed by atoms with E-state index in [1.165, 1.54) is 0 Å². The van der Waals surface area contributed by atoms with Crippen LogP contribution in [-0.4, -0.2) is 15.9 Å². The first kappa shape index (κ1) is 13.7. The third-order valence-corrected chi connectivity index (χ3v) is 3.99. The molecule has 0 radical (unpaired) electrons. The van der Waals surface area contributed by atoms with Crippen molar-refractivity contribution in [2.75, 3.05) is 5.32 Å². The zero-order valence-corrected chi connectivity index (χ0v) is 12.9. The molecule has 0 atom stereocenters. The minimum atomic E-state index is -0.169. The number of halogens is 1. The van der Waals surface area contributed by atoms with Crippen molar-refractivity contribution in [1.82, 2.24) is 9.97 Å². The van der Waals surface area contributed by atoms with Crippen LogP contribution in [0.1, 0.15) is 15.9 Å². The van der Waals surface area contributed by atoms with Gasteiger partial charge in [-0.1, -0.05) is 12.1 Å². The van der Waals surface area contributed by atoms with Crippen LogP contribution in [0, 0.1) is 6.92 Å². The van der Waals surface area contributed by atoms with Crippen LogP contribution in [0.5, 0.6) is 0 Å². The molecule has 5 heteroatoms. The Hall–Kier alpha value is -2.27. The molecular formula is C16H12BrN3O. The number of hydrogen-bond donors (Lipinski definition) is 1. The van der Waals surface area contributed by atoms with E-state index < -0.39 is 0 Å². The first-order chi connectivity index (χ1) is 10.1. The van der Waals surface area contributed by atoms with Crippen molar-refractivity contribution < 1.29 is 4.79 Å². The van der Waals surface area contributed by atoms with Gasteiger partial charge < -0.3 is 5.32 Å². The second kappa shape index (κ2) is 5.61. The van der Waals surface area contributed by atoms with Crippen molar-refractivity contribution in [3.8, 4) is 0 Å². The highest BCUT2D eigenvalue weighted by atomic mass is 79.9. The molecule has 0 saturated carbocycles. The number of nitrogens with zero attached hydrogens (tertiary/aromatic N) is 2. The van der Waals surface area contributed by atoms with Crippen LogP contribution in [0.3, 0.4) is 0 Å². The molecule has 1 amide bonds. The highest BCUT2D eigenvalue weighted by Crippen LogP contribution is 2.20. The second-order valence-corrected chi connectivity index (χ2v) is 5.41. The molecule has 0 aliphatic carbocycles. The van der Waals surface area contributed by atoms with Crippen LogP contribution in [0.2, 0.25) is 0 Å². The van der Waals surface area contributed by atoms with Crippen LogP contribution in [0.4, 0.5) is 5.69 Å². The number of carbonyl (C=O) groups excluding carboxylic acids is 1. The summed E-state index contributed by atoms with van der Waals surface area (Å²) in [7, 11) is 0. The van der Waals surface area contributed by atoms with E-state index in [4.69, 9.17) is 0 Å². The topological polar surface area (TPSA) is 54.9 Å². The van der Waals surface area contributed by atoms with E-state index in [-0.39, 0.29) is 5.91 Å². The Kier molecular flexibility index (Phi) is 3.66. The molecule has 0 unspecified atom stereocenters. The van der Waals surface area contributed by atoms with Gasteiger partial charge in [-0.2, -0.15) is 0 Å². The zero-order valence-electron chi connectivity index (χ0n) is 11.3. The lowest BCUT2D eigenvalue weighted by Gasteiger charge is -2.08. The SMILES string of the molecule is Cc1cc(NC(=O)c2cccc3ncccc23)cnc1Br. The number of fused-ring (bicyclic) bond motifs is 1. The largest absolute Gasteiger partial charge is 0.321 e. The highest BCUT2D eigenvalue weighted by molar-refractivity contribution is 9.10. The maximum Gasteiger partial charge on any atom is 0.256 e. The van der Waals surface area contributed by atoms with Gasteiger partial charge >= 0.3 is 0 Å². The van der Waals surface area contributed by atoms with Crippen LogP contribution in [0.15, 0.2) is 53.4 Å². The van der Waals surface area contributed by atoms with Crippen molar-refractivity contribution in [3.63, 3.8) is 0 Å². The highest BCUT2D eigenvalue weighted by Gasteiger charge is 2.11. The predicted octanol–water partition coefficient (Wildman–Crippen LogP) is 3.95. The first-order valence-corrected chi connectivity index (χ1v) is 7.22. The average molecular weight is 342 g/mol. The molecule has 2 heterocycles. The summed E-state index contributed by atoms with van der Waals surface area (Å²) >= 11 is 3.34. The number of carbonyl (C=O) groups is 1. The molecule has 3 aromatic rings. The quantitative estimate of drug-likeness (QED) is 0.718. The first-order valence-electron chi connectivity index (χ1n) is 6.42.